The number of amides is 1. The van der Waals surface area contributed by atoms with Gasteiger partial charge in [0.15, 0.2) is 5.16 Å². The van der Waals surface area contributed by atoms with Gasteiger partial charge in [0.2, 0.25) is 0 Å². The maximum Gasteiger partial charge on any atom is 0.267 e. The van der Waals surface area contributed by atoms with E-state index in [9.17, 15) is 9.59 Å². The van der Waals surface area contributed by atoms with E-state index in [2.05, 4.69) is 4.98 Å². The minimum Gasteiger partial charge on any atom is -0.332 e. The molecule has 0 aromatic carbocycles. The number of carbonyl (C=O) groups excluding carboxylic acids is 1. The monoisotopic (exact) mass is 305 g/mol. The predicted molar refractivity (Wildman–Crippen MR) is 80.7 cm³/mol. The van der Waals surface area contributed by atoms with Crippen LogP contribution in [0.15, 0.2) is 16.1 Å². The van der Waals surface area contributed by atoms with Crippen LogP contribution >= 0.6 is 11.8 Å². The van der Waals surface area contributed by atoms with Crippen LogP contribution < -0.4 is 5.56 Å². The molecule has 2 fully saturated rings. The third-order valence-electron chi connectivity index (χ3n) is 4.96. The van der Waals surface area contributed by atoms with Gasteiger partial charge in [-0.15, -0.1) is 0 Å². The first-order chi connectivity index (χ1) is 10.3. The molecule has 6 heteroatoms. The number of hydrogen-bond donors (Lipinski definition) is 0. The van der Waals surface area contributed by atoms with Gasteiger partial charge >= 0.3 is 0 Å². The average Bonchev–Trinajstić information content (AvgIpc) is 2.82. The van der Waals surface area contributed by atoms with E-state index in [-0.39, 0.29) is 17.0 Å². The first kappa shape index (κ1) is 13.4. The lowest BCUT2D eigenvalue weighted by atomic mass is 9.84. The van der Waals surface area contributed by atoms with E-state index in [1.54, 1.807) is 16.3 Å². The van der Waals surface area contributed by atoms with Crippen LogP contribution in [0.1, 0.15) is 48.9 Å². The van der Waals surface area contributed by atoms with Crippen molar-refractivity contribution in [2.75, 3.05) is 5.75 Å². The van der Waals surface area contributed by atoms with E-state index in [4.69, 9.17) is 0 Å². The maximum absolute atomic E-state index is 12.9. The molecule has 0 bridgehead atoms. The van der Waals surface area contributed by atoms with Gasteiger partial charge in [0, 0.05) is 30.6 Å². The van der Waals surface area contributed by atoms with Crippen molar-refractivity contribution in [1.29, 1.82) is 0 Å². The zero-order valence-corrected chi connectivity index (χ0v) is 12.8. The number of carbonyl (C=O) groups is 1. The Kier molecular flexibility index (Phi) is 3.28. The molecular weight excluding hydrogens is 286 g/mol. The van der Waals surface area contributed by atoms with E-state index < -0.39 is 0 Å². The highest BCUT2D eigenvalue weighted by atomic mass is 32.2. The number of thioether (sulfide) groups is 1. The summed E-state index contributed by atoms with van der Waals surface area (Å²) in [6.45, 7) is 0.666. The van der Waals surface area contributed by atoms with Crippen LogP contribution in [0.2, 0.25) is 0 Å². The Labute approximate surface area is 127 Å². The van der Waals surface area contributed by atoms with E-state index in [1.807, 2.05) is 4.90 Å². The number of rotatable bonds is 3. The van der Waals surface area contributed by atoms with Gasteiger partial charge in [-0.25, -0.2) is 4.98 Å². The van der Waals surface area contributed by atoms with Crippen molar-refractivity contribution in [3.05, 3.63) is 22.1 Å². The van der Waals surface area contributed by atoms with Crippen molar-refractivity contribution in [2.45, 2.75) is 62.3 Å². The van der Waals surface area contributed by atoms with Crippen LogP contribution in [-0.4, -0.2) is 38.2 Å². The van der Waals surface area contributed by atoms with Gasteiger partial charge in [0.05, 0.1) is 0 Å². The average molecular weight is 305 g/mol. The molecule has 0 spiro atoms. The van der Waals surface area contributed by atoms with Gasteiger partial charge in [-0.3, -0.25) is 14.2 Å². The predicted octanol–water partition coefficient (Wildman–Crippen LogP) is 1.90. The third kappa shape index (κ3) is 2.11. The molecule has 0 atom stereocenters. The fraction of sp³-hybridized carbons (Fsp3) is 0.667. The summed E-state index contributed by atoms with van der Waals surface area (Å²) in [7, 11) is 0. The molecule has 1 aliphatic heterocycles. The number of fused-ring (bicyclic) bond motifs is 1. The van der Waals surface area contributed by atoms with Crippen molar-refractivity contribution in [3.63, 3.8) is 0 Å². The molecule has 2 saturated carbocycles. The number of hydrogen-bond acceptors (Lipinski definition) is 4. The molecule has 5 nitrogen and oxygen atoms in total. The summed E-state index contributed by atoms with van der Waals surface area (Å²) >= 11 is 1.58. The van der Waals surface area contributed by atoms with Crippen molar-refractivity contribution in [3.8, 4) is 0 Å². The van der Waals surface area contributed by atoms with Crippen LogP contribution in [0.5, 0.6) is 0 Å². The highest BCUT2D eigenvalue weighted by molar-refractivity contribution is 7.99. The molecule has 0 N–H and O–H groups in total. The zero-order valence-electron chi connectivity index (χ0n) is 12.0. The van der Waals surface area contributed by atoms with E-state index in [1.165, 1.54) is 19.0 Å². The molecule has 1 aromatic rings. The topological polar surface area (TPSA) is 55.2 Å². The fourth-order valence-corrected chi connectivity index (χ4v) is 4.18. The second kappa shape index (κ2) is 5.16. The molecule has 0 radical (unpaired) electrons. The molecule has 3 aliphatic rings. The lowest BCUT2D eigenvalue weighted by Crippen LogP contribution is -2.53. The Morgan fingerprint density at radius 2 is 1.90 bits per heavy atom. The number of aromatic nitrogens is 2. The van der Waals surface area contributed by atoms with Gasteiger partial charge < -0.3 is 4.90 Å². The Bertz CT molecular complexity index is 620. The summed E-state index contributed by atoms with van der Waals surface area (Å²) in [5.41, 5.74) is 0.110. The van der Waals surface area contributed by atoms with Crippen LogP contribution in [0.25, 0.3) is 0 Å². The first-order valence-electron chi connectivity index (χ1n) is 7.81. The lowest BCUT2D eigenvalue weighted by molar-refractivity contribution is 0.0282. The summed E-state index contributed by atoms with van der Waals surface area (Å²) in [5, 5.41) is 0.746. The Balaban J connectivity index is 1.68. The standard InChI is InChI=1S/C15H19N3O2S/c19-13-12(9-16-15-17(13)7-8-21-15)14(20)18(10-3-1-4-10)11-5-2-6-11/h9-11H,1-8H2. The maximum atomic E-state index is 12.9. The summed E-state index contributed by atoms with van der Waals surface area (Å²) in [4.78, 5) is 31.7. The molecule has 1 aromatic heterocycles. The SMILES string of the molecule is O=C(c1cnc2n(c1=O)CCS2)N(C1CCC1)C1CCC1. The summed E-state index contributed by atoms with van der Waals surface area (Å²) in [6.07, 6.45) is 8.21. The first-order valence-corrected chi connectivity index (χ1v) is 8.79. The highest BCUT2D eigenvalue weighted by Crippen LogP contribution is 2.34. The molecular formula is C15H19N3O2S. The molecule has 112 valence electrons. The molecule has 0 saturated heterocycles. The quantitative estimate of drug-likeness (QED) is 0.800. The van der Waals surface area contributed by atoms with Crippen molar-refractivity contribution < 1.29 is 4.79 Å². The van der Waals surface area contributed by atoms with Gasteiger partial charge in [-0.2, -0.15) is 0 Å². The summed E-state index contributed by atoms with van der Waals surface area (Å²) < 4.78 is 1.65. The minimum absolute atomic E-state index is 0.0888. The molecule has 2 heterocycles. The number of nitrogens with zero attached hydrogens (tertiary/aromatic N) is 3. The smallest absolute Gasteiger partial charge is 0.267 e. The molecule has 1 amide bonds. The van der Waals surface area contributed by atoms with Gasteiger partial charge in [0.25, 0.3) is 11.5 Å². The van der Waals surface area contributed by atoms with Gasteiger partial charge in [0.1, 0.15) is 5.56 Å². The fourth-order valence-electron chi connectivity index (χ4n) is 3.26. The summed E-state index contributed by atoms with van der Waals surface area (Å²) in [5.74, 6) is 0.781. The van der Waals surface area contributed by atoms with Gasteiger partial charge in [-0.1, -0.05) is 11.8 Å². The Hall–Kier alpha value is -1.30. The molecule has 0 unspecified atom stereocenters. The normalized spacial score (nSPS) is 21.5. The highest BCUT2D eigenvalue weighted by Gasteiger charge is 2.38. The van der Waals surface area contributed by atoms with Crippen LogP contribution in [-0.2, 0) is 6.54 Å². The van der Waals surface area contributed by atoms with Crippen LogP contribution in [0.3, 0.4) is 0 Å². The zero-order chi connectivity index (χ0) is 14.4. The van der Waals surface area contributed by atoms with Gasteiger partial charge in [-0.05, 0) is 38.5 Å². The van der Waals surface area contributed by atoms with E-state index >= 15 is 0 Å². The van der Waals surface area contributed by atoms with E-state index in [0.29, 0.717) is 18.6 Å². The molecule has 21 heavy (non-hydrogen) atoms. The second-order valence-electron chi connectivity index (χ2n) is 6.14. The second-order valence-corrected chi connectivity index (χ2v) is 7.20. The Morgan fingerprint density at radius 1 is 1.24 bits per heavy atom. The van der Waals surface area contributed by atoms with Crippen LogP contribution in [0.4, 0.5) is 0 Å². The van der Waals surface area contributed by atoms with Crippen molar-refractivity contribution in [2.24, 2.45) is 0 Å². The molecule has 2 aliphatic carbocycles. The molecule has 4 rings (SSSR count). The third-order valence-corrected chi connectivity index (χ3v) is 5.93. The van der Waals surface area contributed by atoms with Crippen LogP contribution in [0, 0.1) is 0 Å². The van der Waals surface area contributed by atoms with E-state index in [0.717, 1.165) is 36.6 Å². The minimum atomic E-state index is -0.154. The van der Waals surface area contributed by atoms with Crippen molar-refractivity contribution in [1.82, 2.24) is 14.5 Å². The summed E-state index contributed by atoms with van der Waals surface area (Å²) in [6, 6.07) is 0.685. The van der Waals surface area contributed by atoms with Crippen molar-refractivity contribution >= 4 is 17.7 Å². The largest absolute Gasteiger partial charge is 0.332 e. The lowest BCUT2D eigenvalue weighted by Gasteiger charge is -2.46. The Morgan fingerprint density at radius 3 is 2.48 bits per heavy atom.